The molecule has 1 atom stereocenters. The Morgan fingerprint density at radius 2 is 1.88 bits per heavy atom. The van der Waals surface area contributed by atoms with Crippen LogP contribution in [0.4, 0.5) is 5.82 Å². The molecule has 8 heteroatoms. The molecule has 1 aliphatic heterocycles. The molecule has 2 aromatic carbocycles. The second-order valence-electron chi connectivity index (χ2n) is 10.4. The highest BCUT2D eigenvalue weighted by molar-refractivity contribution is 6.03. The first-order valence-corrected chi connectivity index (χ1v) is 13.6. The lowest BCUT2D eigenvalue weighted by Gasteiger charge is -2.18. The van der Waals surface area contributed by atoms with E-state index in [1.165, 1.54) is 19.2 Å². The van der Waals surface area contributed by atoms with Crippen LogP contribution in [0.2, 0.25) is 0 Å². The number of anilines is 1. The van der Waals surface area contributed by atoms with Crippen molar-refractivity contribution in [1.29, 1.82) is 0 Å². The number of benzene rings is 2. The van der Waals surface area contributed by atoms with Crippen LogP contribution in [0, 0.1) is 12.3 Å². The van der Waals surface area contributed by atoms with Gasteiger partial charge in [-0.2, -0.15) is 0 Å². The average Bonchev–Trinajstić information content (AvgIpc) is 3.61. The number of amides is 1. The van der Waals surface area contributed by atoms with Gasteiger partial charge >= 0.3 is 0 Å². The van der Waals surface area contributed by atoms with E-state index in [9.17, 15) is 4.79 Å². The summed E-state index contributed by atoms with van der Waals surface area (Å²) in [6, 6.07) is 18.0. The third-order valence-corrected chi connectivity index (χ3v) is 7.74. The van der Waals surface area contributed by atoms with E-state index in [0.29, 0.717) is 42.0 Å². The van der Waals surface area contributed by atoms with Crippen LogP contribution in [0.5, 0.6) is 11.5 Å². The van der Waals surface area contributed by atoms with Gasteiger partial charge in [0.25, 0.3) is 0 Å². The van der Waals surface area contributed by atoms with Crippen molar-refractivity contribution in [2.45, 2.75) is 31.3 Å². The molecule has 3 heterocycles. The summed E-state index contributed by atoms with van der Waals surface area (Å²) in [7, 11) is 2.10. The molecule has 8 nitrogen and oxygen atoms in total. The molecule has 6 rings (SSSR count). The Kier molecular flexibility index (Phi) is 6.97. The lowest BCUT2D eigenvalue weighted by atomic mass is 10.0. The third-order valence-electron chi connectivity index (χ3n) is 7.74. The molecule has 2 N–H and O–H groups in total. The number of hydrogen-bond acceptors (Lipinski definition) is 6. The Labute approximate surface area is 234 Å². The second kappa shape index (κ2) is 10.9. The number of likely N-dealkylation sites (N-methyl/N-ethyl adjacent to an activating group) is 1. The summed E-state index contributed by atoms with van der Waals surface area (Å²) in [6.07, 6.45) is 14.5. The molecular weight excluding hydrogens is 500 g/mol. The molecule has 2 aromatic heterocycles. The summed E-state index contributed by atoms with van der Waals surface area (Å²) in [4.78, 5) is 26.0. The second-order valence-corrected chi connectivity index (χ2v) is 10.4. The zero-order chi connectivity index (χ0) is 27.6. The minimum Gasteiger partial charge on any atom is -0.457 e. The van der Waals surface area contributed by atoms with E-state index in [1.54, 1.807) is 6.08 Å². The van der Waals surface area contributed by atoms with Gasteiger partial charge in [0.05, 0.1) is 11.4 Å². The molecule has 202 valence electrons. The number of nitrogens with zero attached hydrogens (tertiary/aromatic N) is 5. The predicted octanol–water partition coefficient (Wildman–Crippen LogP) is 4.88. The van der Waals surface area contributed by atoms with E-state index >= 15 is 0 Å². The Hall–Kier alpha value is -4.61. The van der Waals surface area contributed by atoms with Crippen molar-refractivity contribution in [3.8, 4) is 35.0 Å². The lowest BCUT2D eigenvalue weighted by molar-refractivity contribution is -0.125. The summed E-state index contributed by atoms with van der Waals surface area (Å²) in [6.45, 7) is 1.98. The van der Waals surface area contributed by atoms with Crippen LogP contribution in [0.15, 0.2) is 73.1 Å². The van der Waals surface area contributed by atoms with Gasteiger partial charge in [-0.1, -0.05) is 42.3 Å². The average molecular weight is 533 g/mol. The molecule has 2 aliphatic rings. The molecule has 1 aliphatic carbocycles. The first-order chi connectivity index (χ1) is 19.5. The SMILES string of the molecule is C#Cc1c(-c2ccc(Oc3ccccc3)cc2)c2c(N)ncnc2n1[C@@H]1CCN(C(=O)C=CCN(C)C2CC2)C1. The largest absolute Gasteiger partial charge is 0.457 e. The van der Waals surface area contributed by atoms with Crippen molar-refractivity contribution >= 4 is 22.8 Å². The van der Waals surface area contributed by atoms with E-state index in [2.05, 4.69) is 32.4 Å². The third kappa shape index (κ3) is 5.04. The number of carbonyl (C=O) groups excluding carboxylic acids is 1. The van der Waals surface area contributed by atoms with Gasteiger partial charge in [0.2, 0.25) is 5.91 Å². The Balaban J connectivity index is 1.28. The summed E-state index contributed by atoms with van der Waals surface area (Å²) >= 11 is 0. The van der Waals surface area contributed by atoms with Crippen LogP contribution < -0.4 is 10.5 Å². The lowest BCUT2D eigenvalue weighted by Crippen LogP contribution is -2.28. The van der Waals surface area contributed by atoms with Crippen LogP contribution >= 0.6 is 0 Å². The standard InChI is InChI=1S/C32H32N6O2/c1-3-27-29(22-11-15-26(16-12-22)40-25-8-5-4-6-9-25)30-31(33)34-21-35-32(30)38(27)24-17-19-37(20-24)28(39)10-7-18-36(2)23-13-14-23/h1,4-12,15-16,21,23-24H,13-14,17-20H2,2H3,(H2,33,34,35)/t24-/m1/s1. The number of fused-ring (bicyclic) bond motifs is 1. The maximum atomic E-state index is 13.0. The normalized spacial score (nSPS) is 17.1. The Morgan fingerprint density at radius 1 is 1.12 bits per heavy atom. The maximum absolute atomic E-state index is 13.0. The molecule has 40 heavy (non-hydrogen) atoms. The van der Waals surface area contributed by atoms with Gasteiger partial charge in [0.1, 0.15) is 35.0 Å². The quantitative estimate of drug-likeness (QED) is 0.257. The minimum absolute atomic E-state index is 0.0220. The van der Waals surface area contributed by atoms with Crippen molar-refractivity contribution in [2.75, 3.05) is 32.4 Å². The molecule has 0 radical (unpaired) electrons. The number of nitrogens with two attached hydrogens (primary N) is 1. The van der Waals surface area contributed by atoms with Crippen molar-refractivity contribution < 1.29 is 9.53 Å². The van der Waals surface area contributed by atoms with Gasteiger partial charge < -0.3 is 19.9 Å². The van der Waals surface area contributed by atoms with Gasteiger partial charge in [-0.25, -0.2) is 9.97 Å². The number of rotatable bonds is 8. The number of hydrogen-bond donors (Lipinski definition) is 1. The molecule has 1 amide bonds. The predicted molar refractivity (Wildman–Crippen MR) is 157 cm³/mol. The van der Waals surface area contributed by atoms with Crippen LogP contribution in [0.1, 0.15) is 31.0 Å². The number of terminal acetylenes is 1. The monoisotopic (exact) mass is 532 g/mol. The van der Waals surface area contributed by atoms with Crippen LogP contribution in [-0.4, -0.2) is 63.0 Å². The highest BCUT2D eigenvalue weighted by Crippen LogP contribution is 2.40. The van der Waals surface area contributed by atoms with E-state index in [1.807, 2.05) is 65.6 Å². The number of likely N-dealkylation sites (tertiary alicyclic amines) is 1. The Morgan fingerprint density at radius 3 is 2.60 bits per heavy atom. The zero-order valence-corrected chi connectivity index (χ0v) is 22.5. The fourth-order valence-electron chi connectivity index (χ4n) is 5.49. The van der Waals surface area contributed by atoms with Crippen LogP contribution in [0.25, 0.3) is 22.2 Å². The van der Waals surface area contributed by atoms with Gasteiger partial charge in [-0.05, 0) is 56.1 Å². The van der Waals surface area contributed by atoms with Crippen LogP contribution in [-0.2, 0) is 4.79 Å². The first-order valence-electron chi connectivity index (χ1n) is 13.6. The highest BCUT2D eigenvalue weighted by Gasteiger charge is 2.32. The minimum atomic E-state index is -0.0243. The van der Waals surface area contributed by atoms with Gasteiger partial charge in [-0.15, -0.1) is 6.42 Å². The molecule has 0 spiro atoms. The van der Waals surface area contributed by atoms with Crippen molar-refractivity contribution in [3.05, 3.63) is 78.8 Å². The van der Waals surface area contributed by atoms with Crippen LogP contribution in [0.3, 0.4) is 0 Å². The zero-order valence-electron chi connectivity index (χ0n) is 22.5. The molecule has 1 saturated heterocycles. The van der Waals surface area contributed by atoms with E-state index < -0.39 is 0 Å². The topological polar surface area (TPSA) is 89.5 Å². The molecule has 0 unspecified atom stereocenters. The summed E-state index contributed by atoms with van der Waals surface area (Å²) < 4.78 is 8.04. The van der Waals surface area contributed by atoms with E-state index in [0.717, 1.165) is 35.2 Å². The molecular formula is C32H32N6O2. The smallest absolute Gasteiger partial charge is 0.246 e. The first kappa shape index (κ1) is 25.7. The highest BCUT2D eigenvalue weighted by atomic mass is 16.5. The number of carbonyl (C=O) groups is 1. The summed E-state index contributed by atoms with van der Waals surface area (Å²) in [5, 5.41) is 0.722. The summed E-state index contributed by atoms with van der Waals surface area (Å²) in [5.74, 6) is 4.77. The fourth-order valence-corrected chi connectivity index (χ4v) is 5.49. The Bertz CT molecular complexity index is 1600. The maximum Gasteiger partial charge on any atom is 0.246 e. The van der Waals surface area contributed by atoms with Gasteiger partial charge in [0.15, 0.2) is 0 Å². The van der Waals surface area contributed by atoms with Crippen molar-refractivity contribution in [1.82, 2.24) is 24.3 Å². The molecule has 0 bridgehead atoms. The fraction of sp³-hybridized carbons (Fsp3) is 0.281. The number of para-hydroxylation sites is 1. The molecule has 4 aromatic rings. The number of nitrogen functional groups attached to an aromatic ring is 1. The van der Waals surface area contributed by atoms with E-state index in [-0.39, 0.29) is 11.9 Å². The summed E-state index contributed by atoms with van der Waals surface area (Å²) in [5.41, 5.74) is 9.48. The number of ether oxygens (including phenoxy) is 1. The molecule has 1 saturated carbocycles. The number of aromatic nitrogens is 3. The molecule has 2 fully saturated rings. The van der Waals surface area contributed by atoms with E-state index in [4.69, 9.17) is 16.9 Å². The van der Waals surface area contributed by atoms with Gasteiger partial charge in [-0.3, -0.25) is 9.69 Å². The van der Waals surface area contributed by atoms with Crippen molar-refractivity contribution in [3.63, 3.8) is 0 Å². The van der Waals surface area contributed by atoms with Crippen molar-refractivity contribution in [2.24, 2.45) is 0 Å². The van der Waals surface area contributed by atoms with Gasteiger partial charge in [0, 0.05) is 37.3 Å².